The van der Waals surface area contributed by atoms with E-state index in [1.54, 1.807) is 0 Å². The van der Waals surface area contributed by atoms with E-state index in [2.05, 4.69) is 40.7 Å². The summed E-state index contributed by atoms with van der Waals surface area (Å²) in [5.41, 5.74) is 1.27. The Kier molecular flexibility index (Phi) is 4.78. The summed E-state index contributed by atoms with van der Waals surface area (Å²) in [6.07, 6.45) is 3.82. The van der Waals surface area contributed by atoms with Crippen molar-refractivity contribution in [2.45, 2.75) is 19.9 Å². The standard InChI is InChI=1S/C11H22N4/c1-5-15(6-2)11(7-12-3)10-8-13-9-14(10)4/h8-9,11-12H,5-7H2,1-4H3. The van der Waals surface area contributed by atoms with Gasteiger partial charge in [-0.25, -0.2) is 4.98 Å². The first-order chi connectivity index (χ1) is 7.24. The number of hydrogen-bond acceptors (Lipinski definition) is 3. The van der Waals surface area contributed by atoms with Crippen LogP contribution in [0.5, 0.6) is 0 Å². The molecule has 1 aromatic rings. The molecule has 0 saturated heterocycles. The molecule has 0 saturated carbocycles. The van der Waals surface area contributed by atoms with Gasteiger partial charge >= 0.3 is 0 Å². The summed E-state index contributed by atoms with van der Waals surface area (Å²) in [5.74, 6) is 0. The zero-order chi connectivity index (χ0) is 11.3. The number of hydrogen-bond donors (Lipinski definition) is 1. The summed E-state index contributed by atoms with van der Waals surface area (Å²) in [4.78, 5) is 6.62. The summed E-state index contributed by atoms with van der Waals surface area (Å²) in [6, 6.07) is 0.414. The van der Waals surface area contributed by atoms with Gasteiger partial charge in [-0.3, -0.25) is 4.90 Å². The third-order valence-corrected chi connectivity index (χ3v) is 2.85. The second-order valence-electron chi connectivity index (χ2n) is 3.72. The number of nitrogens with zero attached hydrogens (tertiary/aromatic N) is 3. The highest BCUT2D eigenvalue weighted by atomic mass is 15.2. The van der Waals surface area contributed by atoms with Gasteiger partial charge < -0.3 is 9.88 Å². The molecule has 0 aliphatic rings. The Labute approximate surface area is 92.3 Å². The predicted molar refractivity (Wildman–Crippen MR) is 62.8 cm³/mol. The van der Waals surface area contributed by atoms with Gasteiger partial charge in [-0.05, 0) is 20.1 Å². The Morgan fingerprint density at radius 1 is 1.47 bits per heavy atom. The highest BCUT2D eigenvalue weighted by molar-refractivity contribution is 5.06. The van der Waals surface area contributed by atoms with Crippen molar-refractivity contribution >= 4 is 0 Å². The molecule has 0 radical (unpaired) electrons. The summed E-state index contributed by atoms with van der Waals surface area (Å²) >= 11 is 0. The zero-order valence-electron chi connectivity index (χ0n) is 10.2. The largest absolute Gasteiger partial charge is 0.336 e. The van der Waals surface area contributed by atoms with Gasteiger partial charge in [-0.2, -0.15) is 0 Å². The molecule has 86 valence electrons. The highest BCUT2D eigenvalue weighted by Gasteiger charge is 2.19. The van der Waals surface area contributed by atoms with Gasteiger partial charge in [0.15, 0.2) is 0 Å². The fourth-order valence-electron chi connectivity index (χ4n) is 1.97. The van der Waals surface area contributed by atoms with Gasteiger partial charge in [0.25, 0.3) is 0 Å². The van der Waals surface area contributed by atoms with Crippen molar-refractivity contribution in [2.24, 2.45) is 7.05 Å². The minimum atomic E-state index is 0.414. The predicted octanol–water partition coefficient (Wildman–Crippen LogP) is 1.02. The van der Waals surface area contributed by atoms with Crippen molar-refractivity contribution in [2.75, 3.05) is 26.7 Å². The van der Waals surface area contributed by atoms with E-state index in [0.29, 0.717) is 6.04 Å². The Bertz CT molecular complexity index is 278. The van der Waals surface area contributed by atoms with E-state index in [1.165, 1.54) is 5.69 Å². The Hall–Kier alpha value is -0.870. The van der Waals surface area contributed by atoms with E-state index in [-0.39, 0.29) is 0 Å². The van der Waals surface area contributed by atoms with E-state index in [4.69, 9.17) is 0 Å². The van der Waals surface area contributed by atoms with E-state index in [1.807, 2.05) is 19.6 Å². The lowest BCUT2D eigenvalue weighted by molar-refractivity contribution is 0.209. The van der Waals surface area contributed by atoms with Crippen molar-refractivity contribution in [3.8, 4) is 0 Å². The molecule has 1 atom stereocenters. The van der Waals surface area contributed by atoms with Gasteiger partial charge in [0.05, 0.1) is 18.1 Å². The van der Waals surface area contributed by atoms with Crippen LogP contribution in [-0.4, -0.2) is 41.1 Å². The van der Waals surface area contributed by atoms with Crippen molar-refractivity contribution in [1.82, 2.24) is 19.8 Å². The van der Waals surface area contributed by atoms with Gasteiger partial charge in [0.1, 0.15) is 0 Å². The second-order valence-corrected chi connectivity index (χ2v) is 3.72. The molecule has 0 fully saturated rings. The molecule has 0 aliphatic heterocycles. The lowest BCUT2D eigenvalue weighted by atomic mass is 10.2. The Balaban J connectivity index is 2.86. The maximum absolute atomic E-state index is 4.18. The van der Waals surface area contributed by atoms with Crippen LogP contribution < -0.4 is 5.32 Å². The molecular formula is C11H22N4. The smallest absolute Gasteiger partial charge is 0.0946 e. The number of aromatic nitrogens is 2. The molecule has 4 heteroatoms. The fourth-order valence-corrected chi connectivity index (χ4v) is 1.97. The minimum absolute atomic E-state index is 0.414. The molecule has 1 rings (SSSR count). The third-order valence-electron chi connectivity index (χ3n) is 2.85. The molecule has 0 aliphatic carbocycles. The van der Waals surface area contributed by atoms with Crippen LogP contribution in [0, 0.1) is 0 Å². The molecule has 0 aromatic carbocycles. The first-order valence-corrected chi connectivity index (χ1v) is 5.59. The van der Waals surface area contributed by atoms with Crippen LogP contribution >= 0.6 is 0 Å². The third kappa shape index (κ3) is 2.79. The second kappa shape index (κ2) is 5.88. The normalized spacial score (nSPS) is 13.4. The van der Waals surface area contributed by atoms with E-state index >= 15 is 0 Å². The molecule has 4 nitrogen and oxygen atoms in total. The minimum Gasteiger partial charge on any atom is -0.336 e. The van der Waals surface area contributed by atoms with Crippen LogP contribution in [0.2, 0.25) is 0 Å². The average Bonchev–Trinajstić information content (AvgIpc) is 2.65. The quantitative estimate of drug-likeness (QED) is 0.761. The van der Waals surface area contributed by atoms with Crippen LogP contribution in [0.15, 0.2) is 12.5 Å². The molecule has 1 unspecified atom stereocenters. The van der Waals surface area contributed by atoms with Crippen molar-refractivity contribution < 1.29 is 0 Å². The van der Waals surface area contributed by atoms with E-state index in [9.17, 15) is 0 Å². The SMILES string of the molecule is CCN(CC)C(CNC)c1cncn1C. The number of rotatable bonds is 6. The number of imidazole rings is 1. The van der Waals surface area contributed by atoms with Crippen LogP contribution in [-0.2, 0) is 7.05 Å². The van der Waals surface area contributed by atoms with Crippen molar-refractivity contribution in [3.05, 3.63) is 18.2 Å². The number of nitrogens with one attached hydrogen (secondary N) is 1. The van der Waals surface area contributed by atoms with Crippen LogP contribution in [0.1, 0.15) is 25.6 Å². The lowest BCUT2D eigenvalue weighted by Gasteiger charge is -2.29. The molecule has 15 heavy (non-hydrogen) atoms. The maximum atomic E-state index is 4.18. The summed E-state index contributed by atoms with van der Waals surface area (Å²) < 4.78 is 2.10. The van der Waals surface area contributed by atoms with Crippen molar-refractivity contribution in [3.63, 3.8) is 0 Å². The summed E-state index contributed by atoms with van der Waals surface area (Å²) in [5, 5.41) is 3.25. The fraction of sp³-hybridized carbons (Fsp3) is 0.727. The van der Waals surface area contributed by atoms with Gasteiger partial charge in [-0.1, -0.05) is 13.8 Å². The molecule has 0 spiro atoms. The zero-order valence-corrected chi connectivity index (χ0v) is 10.2. The first kappa shape index (κ1) is 12.2. The molecule has 0 amide bonds. The van der Waals surface area contributed by atoms with Gasteiger partial charge in [-0.15, -0.1) is 0 Å². The Morgan fingerprint density at radius 3 is 2.53 bits per heavy atom. The molecule has 1 aromatic heterocycles. The Morgan fingerprint density at radius 2 is 2.13 bits per heavy atom. The first-order valence-electron chi connectivity index (χ1n) is 5.59. The summed E-state index contributed by atoms with van der Waals surface area (Å²) in [6.45, 7) is 7.48. The average molecular weight is 210 g/mol. The highest BCUT2D eigenvalue weighted by Crippen LogP contribution is 2.18. The molecule has 1 N–H and O–H groups in total. The number of aryl methyl sites for hydroxylation is 1. The van der Waals surface area contributed by atoms with E-state index < -0.39 is 0 Å². The lowest BCUT2D eigenvalue weighted by Crippen LogP contribution is -2.35. The number of likely N-dealkylation sites (N-methyl/N-ethyl adjacent to an activating group) is 2. The molecular weight excluding hydrogens is 188 g/mol. The summed E-state index contributed by atoms with van der Waals surface area (Å²) in [7, 11) is 4.04. The topological polar surface area (TPSA) is 33.1 Å². The monoisotopic (exact) mass is 210 g/mol. The maximum Gasteiger partial charge on any atom is 0.0946 e. The molecule has 1 heterocycles. The van der Waals surface area contributed by atoms with Crippen LogP contribution in [0.4, 0.5) is 0 Å². The molecule has 0 bridgehead atoms. The van der Waals surface area contributed by atoms with Gasteiger partial charge in [0.2, 0.25) is 0 Å². The van der Waals surface area contributed by atoms with Crippen molar-refractivity contribution in [1.29, 1.82) is 0 Å². The van der Waals surface area contributed by atoms with E-state index in [0.717, 1.165) is 19.6 Å². The van der Waals surface area contributed by atoms with Crippen LogP contribution in [0.25, 0.3) is 0 Å². The van der Waals surface area contributed by atoms with Crippen LogP contribution in [0.3, 0.4) is 0 Å². The van der Waals surface area contributed by atoms with Gasteiger partial charge in [0, 0.05) is 19.8 Å².